The molecule has 1 amide bonds. The van der Waals surface area contributed by atoms with Gasteiger partial charge >= 0.3 is 5.97 Å². The van der Waals surface area contributed by atoms with Crippen LogP contribution < -0.4 is 10.2 Å². The number of aromatic nitrogens is 2. The summed E-state index contributed by atoms with van der Waals surface area (Å²) in [6.45, 7) is 6.63. The van der Waals surface area contributed by atoms with E-state index in [0.717, 1.165) is 11.1 Å². The van der Waals surface area contributed by atoms with E-state index in [1.54, 1.807) is 25.4 Å². The van der Waals surface area contributed by atoms with E-state index in [4.69, 9.17) is 9.73 Å². The molecule has 4 rings (SSSR count). The third kappa shape index (κ3) is 4.50. The molecule has 162 valence electrons. The fraction of sp³-hybridized carbons (Fsp3) is 0.409. The van der Waals surface area contributed by atoms with Gasteiger partial charge in [-0.3, -0.25) is 14.9 Å². The van der Waals surface area contributed by atoms with Crippen LogP contribution in [0.25, 0.3) is 0 Å². The van der Waals surface area contributed by atoms with Gasteiger partial charge in [-0.05, 0) is 25.5 Å². The number of guanidine groups is 1. The van der Waals surface area contributed by atoms with Crippen molar-refractivity contribution >= 4 is 23.8 Å². The summed E-state index contributed by atoms with van der Waals surface area (Å²) in [5.74, 6) is -0.767. The molecule has 1 saturated heterocycles. The molecule has 0 unspecified atom stereocenters. The van der Waals surface area contributed by atoms with Gasteiger partial charge in [0.05, 0.1) is 6.61 Å². The Bertz CT molecular complexity index is 972. The summed E-state index contributed by atoms with van der Waals surface area (Å²) in [7, 11) is 0. The van der Waals surface area contributed by atoms with Gasteiger partial charge in [-0.1, -0.05) is 29.8 Å². The highest BCUT2D eigenvalue weighted by Crippen LogP contribution is 2.31. The number of anilines is 1. The molecule has 31 heavy (non-hydrogen) atoms. The quantitative estimate of drug-likeness (QED) is 0.586. The maximum absolute atomic E-state index is 13.0. The van der Waals surface area contributed by atoms with Crippen LogP contribution in [0.1, 0.15) is 24.1 Å². The lowest BCUT2D eigenvalue weighted by atomic mass is 9.90. The number of aryl methyl sites for hydroxylation is 1. The first kappa shape index (κ1) is 20.8. The van der Waals surface area contributed by atoms with Crippen LogP contribution in [-0.4, -0.2) is 65.5 Å². The lowest BCUT2D eigenvalue weighted by molar-refractivity contribution is -0.153. The largest absolute Gasteiger partial charge is 0.465 e. The second kappa shape index (κ2) is 9.11. The fourth-order valence-corrected chi connectivity index (χ4v) is 3.89. The van der Waals surface area contributed by atoms with Crippen molar-refractivity contribution in [1.29, 1.82) is 0 Å². The number of hydrogen-bond acceptors (Lipinski definition) is 8. The van der Waals surface area contributed by atoms with Crippen molar-refractivity contribution in [2.24, 2.45) is 10.9 Å². The van der Waals surface area contributed by atoms with Crippen molar-refractivity contribution in [3.63, 3.8) is 0 Å². The van der Waals surface area contributed by atoms with Gasteiger partial charge in [-0.15, -0.1) is 0 Å². The molecule has 1 fully saturated rings. The van der Waals surface area contributed by atoms with Gasteiger partial charge in [0, 0.05) is 38.6 Å². The van der Waals surface area contributed by atoms with Gasteiger partial charge in [0.1, 0.15) is 6.04 Å². The van der Waals surface area contributed by atoms with E-state index >= 15 is 0 Å². The van der Waals surface area contributed by atoms with Crippen molar-refractivity contribution in [3.05, 3.63) is 53.9 Å². The molecule has 0 spiro atoms. The van der Waals surface area contributed by atoms with E-state index in [2.05, 4.69) is 20.2 Å². The molecule has 0 bridgehead atoms. The number of esters is 1. The maximum atomic E-state index is 13.0. The summed E-state index contributed by atoms with van der Waals surface area (Å²) in [5, 5.41) is 2.83. The Balaban J connectivity index is 1.57. The van der Waals surface area contributed by atoms with Gasteiger partial charge in [-0.2, -0.15) is 0 Å². The zero-order valence-electron chi connectivity index (χ0n) is 17.7. The van der Waals surface area contributed by atoms with Gasteiger partial charge in [0.2, 0.25) is 17.8 Å². The number of carbonyl (C=O) groups excluding carboxylic acids is 2. The highest BCUT2D eigenvalue weighted by molar-refractivity contribution is 6.08. The number of amides is 1. The van der Waals surface area contributed by atoms with Crippen LogP contribution >= 0.6 is 0 Å². The van der Waals surface area contributed by atoms with Crippen LogP contribution in [0.4, 0.5) is 5.95 Å². The molecule has 0 radical (unpaired) electrons. The highest BCUT2D eigenvalue weighted by Gasteiger charge is 2.42. The predicted octanol–water partition coefficient (Wildman–Crippen LogP) is 1.31. The van der Waals surface area contributed by atoms with E-state index in [1.165, 1.54) is 0 Å². The number of piperazine rings is 1. The molecule has 0 aliphatic carbocycles. The first-order valence-electron chi connectivity index (χ1n) is 10.5. The molecule has 1 aromatic carbocycles. The number of hydrogen-bond donors (Lipinski definition) is 1. The Kier molecular flexibility index (Phi) is 6.11. The van der Waals surface area contributed by atoms with Crippen molar-refractivity contribution < 1.29 is 14.3 Å². The van der Waals surface area contributed by atoms with Crippen LogP contribution in [0.2, 0.25) is 0 Å². The van der Waals surface area contributed by atoms with Crippen LogP contribution in [0.15, 0.2) is 47.7 Å². The number of benzene rings is 1. The lowest BCUT2D eigenvalue weighted by Gasteiger charge is -2.38. The number of rotatable bonds is 4. The SMILES string of the molecule is CCOC(=O)[C@@H]1C(=O)NC(N2CCN(c3ncccn3)CC2)=N[C@@H]1c1cccc(C)c1. The van der Waals surface area contributed by atoms with Crippen molar-refractivity contribution in [1.82, 2.24) is 20.2 Å². The van der Waals surface area contributed by atoms with Crippen molar-refractivity contribution in [3.8, 4) is 0 Å². The minimum atomic E-state index is -1.01. The third-order valence-electron chi connectivity index (χ3n) is 5.43. The first-order chi connectivity index (χ1) is 15.1. The molecular formula is C22H26N6O3. The monoisotopic (exact) mass is 422 g/mol. The highest BCUT2D eigenvalue weighted by atomic mass is 16.5. The summed E-state index contributed by atoms with van der Waals surface area (Å²) < 4.78 is 5.17. The summed E-state index contributed by atoms with van der Waals surface area (Å²) >= 11 is 0. The van der Waals surface area contributed by atoms with Gasteiger partial charge in [0.15, 0.2) is 5.92 Å². The van der Waals surface area contributed by atoms with Crippen LogP contribution in [0.5, 0.6) is 0 Å². The maximum Gasteiger partial charge on any atom is 0.321 e. The molecule has 9 heteroatoms. The average Bonchev–Trinajstić information content (AvgIpc) is 2.79. The molecule has 2 aliphatic rings. The summed E-state index contributed by atoms with van der Waals surface area (Å²) in [6.07, 6.45) is 3.45. The molecule has 1 N–H and O–H groups in total. The Morgan fingerprint density at radius 2 is 1.84 bits per heavy atom. The number of nitrogens with one attached hydrogen (secondary N) is 1. The fourth-order valence-electron chi connectivity index (χ4n) is 3.89. The number of carbonyl (C=O) groups is 2. The Labute approximate surface area is 181 Å². The Morgan fingerprint density at radius 3 is 2.52 bits per heavy atom. The van der Waals surface area contributed by atoms with Crippen LogP contribution in [0, 0.1) is 12.8 Å². The van der Waals surface area contributed by atoms with E-state index in [9.17, 15) is 9.59 Å². The predicted molar refractivity (Wildman–Crippen MR) is 115 cm³/mol. The van der Waals surface area contributed by atoms with Gasteiger partial charge in [0.25, 0.3) is 0 Å². The van der Waals surface area contributed by atoms with Crippen molar-refractivity contribution in [2.75, 3.05) is 37.7 Å². The van der Waals surface area contributed by atoms with Crippen LogP contribution in [0.3, 0.4) is 0 Å². The van der Waals surface area contributed by atoms with E-state index in [1.807, 2.05) is 36.1 Å². The summed E-state index contributed by atoms with van der Waals surface area (Å²) in [6, 6.07) is 8.90. The zero-order valence-corrected chi connectivity index (χ0v) is 17.7. The third-order valence-corrected chi connectivity index (χ3v) is 5.43. The molecule has 2 atom stereocenters. The number of nitrogens with zero attached hydrogens (tertiary/aromatic N) is 5. The second-order valence-electron chi connectivity index (χ2n) is 7.55. The zero-order chi connectivity index (χ0) is 21.8. The Hall–Kier alpha value is -3.49. The molecule has 2 aromatic rings. The topological polar surface area (TPSA) is 100 Å². The van der Waals surface area contributed by atoms with E-state index < -0.39 is 17.9 Å². The number of ether oxygens (including phenoxy) is 1. The first-order valence-corrected chi connectivity index (χ1v) is 10.5. The minimum absolute atomic E-state index is 0.212. The van der Waals surface area contributed by atoms with E-state index in [0.29, 0.717) is 38.1 Å². The minimum Gasteiger partial charge on any atom is -0.465 e. The van der Waals surface area contributed by atoms with E-state index in [-0.39, 0.29) is 12.5 Å². The lowest BCUT2D eigenvalue weighted by Crippen LogP contribution is -2.57. The van der Waals surface area contributed by atoms with Crippen LogP contribution in [-0.2, 0) is 14.3 Å². The normalized spacial score (nSPS) is 21.4. The summed E-state index contributed by atoms with van der Waals surface area (Å²) in [5.41, 5.74) is 1.86. The molecule has 2 aliphatic heterocycles. The summed E-state index contributed by atoms with van der Waals surface area (Å²) in [4.78, 5) is 43.1. The average molecular weight is 422 g/mol. The van der Waals surface area contributed by atoms with Gasteiger partial charge in [-0.25, -0.2) is 15.0 Å². The molecule has 1 aromatic heterocycles. The van der Waals surface area contributed by atoms with Gasteiger partial charge < -0.3 is 14.5 Å². The van der Waals surface area contributed by atoms with Crippen molar-refractivity contribution in [2.45, 2.75) is 19.9 Å². The standard InChI is InChI=1S/C22H26N6O3/c1-3-31-20(30)17-18(16-7-4-6-15(2)14-16)25-22(26-19(17)29)28-12-10-27(11-13-28)21-23-8-5-9-24-21/h4-9,14,17-18H,3,10-13H2,1-2H3,(H,25,26,29)/t17-,18+/m0/s1. The Morgan fingerprint density at radius 1 is 1.13 bits per heavy atom. The molecular weight excluding hydrogens is 396 g/mol. The second-order valence-corrected chi connectivity index (χ2v) is 7.55. The molecule has 0 saturated carbocycles. The molecule has 3 heterocycles. The smallest absolute Gasteiger partial charge is 0.321 e. The number of aliphatic imine (C=N–C) groups is 1. The molecule has 9 nitrogen and oxygen atoms in total.